The fourth-order valence-corrected chi connectivity index (χ4v) is 4.72. The van der Waals surface area contributed by atoms with Crippen LogP contribution in [-0.4, -0.2) is 36.3 Å². The maximum absolute atomic E-state index is 13.1. The fourth-order valence-electron chi connectivity index (χ4n) is 3.72. The first-order valence-corrected chi connectivity index (χ1v) is 9.31. The van der Waals surface area contributed by atoms with Gasteiger partial charge < -0.3 is 10.1 Å². The summed E-state index contributed by atoms with van der Waals surface area (Å²) in [5.41, 5.74) is 0.272. The highest BCUT2D eigenvalue weighted by molar-refractivity contribution is 7.10. The molecule has 1 N–H and O–H groups in total. The lowest BCUT2D eigenvalue weighted by atomic mass is 9.80. The van der Waals surface area contributed by atoms with Gasteiger partial charge in [-0.25, -0.2) is 4.79 Å². The van der Waals surface area contributed by atoms with Crippen LogP contribution in [0, 0.1) is 0 Å². The molecule has 1 spiro atoms. The molecule has 1 aromatic carbocycles. The number of imide groups is 1. The van der Waals surface area contributed by atoms with Gasteiger partial charge in [-0.2, -0.15) is 0 Å². The summed E-state index contributed by atoms with van der Waals surface area (Å²) in [5.74, 6) is -0.0800. The monoisotopic (exact) mass is 370 g/mol. The zero-order valence-corrected chi connectivity index (χ0v) is 15.1. The van der Waals surface area contributed by atoms with E-state index in [0.717, 1.165) is 28.2 Å². The molecule has 1 aliphatic heterocycles. The Balaban J connectivity index is 1.60. The molecule has 1 unspecified atom stereocenters. The Kier molecular flexibility index (Phi) is 4.03. The summed E-state index contributed by atoms with van der Waals surface area (Å²) < 4.78 is 5.13. The van der Waals surface area contributed by atoms with E-state index in [1.807, 2.05) is 11.4 Å². The number of carbonyl (C=O) groups excluding carboxylic acids is 3. The van der Waals surface area contributed by atoms with Crippen LogP contribution in [0.5, 0.6) is 5.75 Å². The minimum absolute atomic E-state index is 0.279. The van der Waals surface area contributed by atoms with Gasteiger partial charge in [-0.3, -0.25) is 14.5 Å². The third-order valence-electron chi connectivity index (χ3n) is 5.03. The number of Topliss-reactive ketones (excluding diaryl/α,β-unsaturated/α-hetero) is 1. The van der Waals surface area contributed by atoms with Gasteiger partial charge in [0, 0.05) is 16.0 Å². The summed E-state index contributed by atoms with van der Waals surface area (Å²) in [6.07, 6.45) is 2.31. The molecule has 4 rings (SSSR count). The first-order valence-electron chi connectivity index (χ1n) is 8.43. The van der Waals surface area contributed by atoms with Crippen molar-refractivity contribution in [2.45, 2.75) is 24.8 Å². The maximum Gasteiger partial charge on any atom is 0.325 e. The number of ketones is 1. The third-order valence-corrected chi connectivity index (χ3v) is 6.01. The number of benzene rings is 1. The first-order chi connectivity index (χ1) is 12.5. The van der Waals surface area contributed by atoms with E-state index in [9.17, 15) is 14.4 Å². The van der Waals surface area contributed by atoms with E-state index in [4.69, 9.17) is 4.74 Å². The lowest BCUT2D eigenvalue weighted by Crippen LogP contribution is -2.46. The second-order valence-electron chi connectivity index (χ2n) is 6.49. The smallest absolute Gasteiger partial charge is 0.325 e. The summed E-state index contributed by atoms with van der Waals surface area (Å²) in [4.78, 5) is 40.4. The van der Waals surface area contributed by atoms with Gasteiger partial charge >= 0.3 is 6.03 Å². The van der Waals surface area contributed by atoms with Gasteiger partial charge in [0.1, 0.15) is 11.3 Å². The number of nitrogens with one attached hydrogen (secondary N) is 1. The van der Waals surface area contributed by atoms with Crippen LogP contribution in [0.25, 0.3) is 0 Å². The Morgan fingerprint density at radius 2 is 2.19 bits per heavy atom. The van der Waals surface area contributed by atoms with E-state index in [2.05, 4.69) is 5.32 Å². The molecule has 1 saturated heterocycles. The van der Waals surface area contributed by atoms with Crippen molar-refractivity contribution in [2.75, 3.05) is 13.7 Å². The normalized spacial score (nSPS) is 21.7. The van der Waals surface area contributed by atoms with E-state index in [1.165, 1.54) is 7.11 Å². The number of carbonyl (C=O) groups is 3. The van der Waals surface area contributed by atoms with Crippen molar-refractivity contribution in [1.29, 1.82) is 0 Å². The Bertz CT molecular complexity index is 906. The molecule has 2 heterocycles. The highest BCUT2D eigenvalue weighted by atomic mass is 32.1. The number of hydrogen-bond donors (Lipinski definition) is 1. The third kappa shape index (κ3) is 2.50. The summed E-state index contributed by atoms with van der Waals surface area (Å²) in [5, 5.41) is 4.80. The lowest BCUT2D eigenvalue weighted by molar-refractivity contribution is -0.131. The minimum Gasteiger partial charge on any atom is -0.497 e. The molecule has 1 aromatic heterocycles. The van der Waals surface area contributed by atoms with E-state index >= 15 is 0 Å². The molecule has 7 heteroatoms. The number of ether oxygens (including phenoxy) is 1. The van der Waals surface area contributed by atoms with Crippen molar-refractivity contribution in [3.63, 3.8) is 0 Å². The quantitative estimate of drug-likeness (QED) is 0.663. The van der Waals surface area contributed by atoms with Crippen LogP contribution in [0.2, 0.25) is 0 Å². The van der Waals surface area contributed by atoms with E-state index in [-0.39, 0.29) is 18.2 Å². The van der Waals surface area contributed by atoms with Crippen LogP contribution in [0.15, 0.2) is 35.7 Å². The van der Waals surface area contributed by atoms with Crippen LogP contribution < -0.4 is 10.1 Å². The molecule has 0 saturated carbocycles. The fraction of sp³-hybridized carbons (Fsp3) is 0.316. The number of urea groups is 1. The molecular weight excluding hydrogens is 352 g/mol. The van der Waals surface area contributed by atoms with Crippen molar-refractivity contribution < 1.29 is 19.1 Å². The molecule has 0 bridgehead atoms. The molecule has 1 aliphatic carbocycles. The second-order valence-corrected chi connectivity index (χ2v) is 7.49. The number of hydrogen-bond acceptors (Lipinski definition) is 5. The Morgan fingerprint density at radius 3 is 3.00 bits per heavy atom. The summed E-state index contributed by atoms with van der Waals surface area (Å²) in [6.45, 7) is -0.279. The lowest BCUT2D eigenvalue weighted by Gasteiger charge is -2.31. The van der Waals surface area contributed by atoms with Gasteiger partial charge in [0.15, 0.2) is 5.78 Å². The number of methoxy groups -OCH3 is 1. The Morgan fingerprint density at radius 1 is 1.35 bits per heavy atom. The molecular formula is C19H18N2O4S. The predicted molar refractivity (Wildman–Crippen MR) is 96.5 cm³/mol. The molecule has 3 amide bonds. The summed E-state index contributed by atoms with van der Waals surface area (Å²) in [6, 6.07) is 8.10. The van der Waals surface area contributed by atoms with Crippen molar-refractivity contribution in [2.24, 2.45) is 0 Å². The standard InChI is InChI=1S/C19H18N2O4S/c1-25-13-5-2-4-12(10-13)15(22)11-21-17(23)19(20-18(21)24)8-3-6-16-14(19)7-9-26-16/h2,4-5,7,9-10H,3,6,8,11H2,1H3,(H,20,24). The predicted octanol–water partition coefficient (Wildman–Crippen LogP) is 2.72. The van der Waals surface area contributed by atoms with Crippen LogP contribution in [0.3, 0.4) is 0 Å². The van der Waals surface area contributed by atoms with Crippen molar-refractivity contribution in [3.8, 4) is 5.75 Å². The average molecular weight is 370 g/mol. The van der Waals surface area contributed by atoms with Gasteiger partial charge in [-0.15, -0.1) is 11.3 Å². The summed E-state index contributed by atoms with van der Waals surface area (Å²) in [7, 11) is 1.52. The van der Waals surface area contributed by atoms with Crippen molar-refractivity contribution >= 4 is 29.1 Å². The number of amides is 3. The topological polar surface area (TPSA) is 75.7 Å². The van der Waals surface area contributed by atoms with Crippen LogP contribution in [0.1, 0.15) is 33.6 Å². The van der Waals surface area contributed by atoms with Gasteiger partial charge in [-0.1, -0.05) is 12.1 Å². The van der Waals surface area contributed by atoms with Crippen molar-refractivity contribution in [1.82, 2.24) is 10.2 Å². The maximum atomic E-state index is 13.1. The van der Waals surface area contributed by atoms with Gasteiger partial charge in [-0.05, 0) is 42.8 Å². The largest absolute Gasteiger partial charge is 0.497 e. The highest BCUT2D eigenvalue weighted by Crippen LogP contribution is 2.42. The molecule has 0 radical (unpaired) electrons. The molecule has 2 aliphatic rings. The molecule has 1 atom stereocenters. The van der Waals surface area contributed by atoms with Crippen LogP contribution in [0.4, 0.5) is 4.79 Å². The zero-order chi connectivity index (χ0) is 18.3. The Hall–Kier alpha value is -2.67. The Labute approximate surface area is 154 Å². The number of fused-ring (bicyclic) bond motifs is 2. The summed E-state index contributed by atoms with van der Waals surface area (Å²) >= 11 is 1.60. The number of rotatable bonds is 4. The molecule has 6 nitrogen and oxygen atoms in total. The minimum atomic E-state index is -1.01. The number of thiophene rings is 1. The van der Waals surface area contributed by atoms with Gasteiger partial charge in [0.25, 0.3) is 5.91 Å². The number of aryl methyl sites for hydroxylation is 1. The van der Waals surface area contributed by atoms with E-state index in [1.54, 1.807) is 35.6 Å². The van der Waals surface area contributed by atoms with Crippen LogP contribution in [-0.2, 0) is 16.8 Å². The molecule has 2 aromatic rings. The molecule has 134 valence electrons. The number of nitrogens with zero attached hydrogens (tertiary/aromatic N) is 1. The van der Waals surface area contributed by atoms with E-state index < -0.39 is 11.6 Å². The molecule has 1 fully saturated rings. The van der Waals surface area contributed by atoms with Crippen molar-refractivity contribution in [3.05, 3.63) is 51.7 Å². The SMILES string of the molecule is COc1cccc(C(=O)CN2C(=O)NC3(CCCc4sccc43)C2=O)c1. The average Bonchev–Trinajstić information content (AvgIpc) is 3.22. The highest BCUT2D eigenvalue weighted by Gasteiger charge is 2.54. The second kappa shape index (κ2) is 6.25. The zero-order valence-electron chi connectivity index (χ0n) is 14.3. The van der Waals surface area contributed by atoms with Crippen LogP contribution >= 0.6 is 11.3 Å². The first kappa shape index (κ1) is 16.8. The molecule has 26 heavy (non-hydrogen) atoms. The van der Waals surface area contributed by atoms with Gasteiger partial charge in [0.2, 0.25) is 0 Å². The van der Waals surface area contributed by atoms with Gasteiger partial charge in [0.05, 0.1) is 13.7 Å². The van der Waals surface area contributed by atoms with E-state index in [0.29, 0.717) is 17.7 Å².